The summed E-state index contributed by atoms with van der Waals surface area (Å²) in [7, 11) is 0. The molecule has 2 amide bonds. The third-order valence-corrected chi connectivity index (χ3v) is 4.38. The minimum Gasteiger partial charge on any atom is -0.494 e. The first-order valence-corrected chi connectivity index (χ1v) is 10.1. The predicted molar refractivity (Wildman–Crippen MR) is 122 cm³/mol. The number of carbonyl (C=O) groups is 3. The van der Waals surface area contributed by atoms with Crippen molar-refractivity contribution in [2.45, 2.75) is 20.3 Å². The number of anilines is 2. The van der Waals surface area contributed by atoms with Gasteiger partial charge in [-0.1, -0.05) is 18.2 Å². The van der Waals surface area contributed by atoms with E-state index in [4.69, 9.17) is 9.47 Å². The molecule has 0 saturated carbocycles. The van der Waals surface area contributed by atoms with Gasteiger partial charge in [0.2, 0.25) is 5.91 Å². The van der Waals surface area contributed by atoms with Gasteiger partial charge in [0, 0.05) is 23.9 Å². The Kier molecular flexibility index (Phi) is 7.59. The molecule has 0 aliphatic rings. The molecule has 0 atom stereocenters. The molecule has 3 aromatic rings. The lowest BCUT2D eigenvalue weighted by Crippen LogP contribution is -2.15. The highest BCUT2D eigenvalue weighted by Gasteiger charge is 2.09. The molecule has 0 fully saturated rings. The fourth-order valence-corrected chi connectivity index (χ4v) is 2.97. The van der Waals surface area contributed by atoms with Crippen LogP contribution in [0, 0.1) is 0 Å². The third kappa shape index (κ3) is 6.70. The monoisotopic (exact) mass is 432 g/mol. The molecule has 0 heterocycles. The van der Waals surface area contributed by atoms with Gasteiger partial charge >= 0.3 is 5.97 Å². The molecule has 0 spiro atoms. The maximum absolute atomic E-state index is 12.5. The molecular formula is C25H24N2O5. The quantitative estimate of drug-likeness (QED) is 0.405. The maximum Gasteiger partial charge on any atom is 0.308 e. The van der Waals surface area contributed by atoms with E-state index in [0.717, 1.165) is 11.3 Å². The van der Waals surface area contributed by atoms with Crippen LogP contribution < -0.4 is 20.1 Å². The number of rotatable bonds is 8. The van der Waals surface area contributed by atoms with Crippen LogP contribution >= 0.6 is 0 Å². The van der Waals surface area contributed by atoms with E-state index in [2.05, 4.69) is 10.6 Å². The molecule has 0 unspecified atom stereocenters. The Morgan fingerprint density at radius 3 is 2.09 bits per heavy atom. The lowest BCUT2D eigenvalue weighted by molar-refractivity contribution is -0.131. The van der Waals surface area contributed by atoms with Gasteiger partial charge in [-0.05, 0) is 67.1 Å². The zero-order chi connectivity index (χ0) is 22.9. The molecule has 0 aliphatic carbocycles. The second-order valence-electron chi connectivity index (χ2n) is 6.95. The topological polar surface area (TPSA) is 93.7 Å². The molecule has 3 rings (SSSR count). The SMILES string of the molecule is CCOc1ccc(CC(=O)Nc2ccc(NC(=O)c3cccc(OC(C)=O)c3)cc2)cc1. The third-order valence-electron chi connectivity index (χ3n) is 4.38. The van der Waals surface area contributed by atoms with Crippen LogP contribution in [0.1, 0.15) is 29.8 Å². The van der Waals surface area contributed by atoms with Crippen LogP contribution in [-0.4, -0.2) is 24.4 Å². The molecule has 0 aromatic heterocycles. The summed E-state index contributed by atoms with van der Waals surface area (Å²) in [5.74, 6) is 0.130. The van der Waals surface area contributed by atoms with E-state index in [1.807, 2.05) is 31.2 Å². The molecule has 0 radical (unpaired) electrons. The smallest absolute Gasteiger partial charge is 0.308 e. The first kappa shape index (κ1) is 22.6. The Morgan fingerprint density at radius 2 is 1.47 bits per heavy atom. The van der Waals surface area contributed by atoms with Crippen molar-refractivity contribution in [1.82, 2.24) is 0 Å². The number of nitrogens with one attached hydrogen (secondary N) is 2. The number of carbonyl (C=O) groups excluding carboxylic acids is 3. The Hall–Kier alpha value is -4.13. The van der Waals surface area contributed by atoms with Crippen LogP contribution in [0.5, 0.6) is 11.5 Å². The minimum absolute atomic E-state index is 0.145. The van der Waals surface area contributed by atoms with Gasteiger partial charge in [-0.25, -0.2) is 0 Å². The molecule has 0 bridgehead atoms. The number of ether oxygens (including phenoxy) is 2. The standard InChI is InChI=1S/C25H24N2O5/c1-3-31-22-13-7-18(8-14-22)15-24(29)26-20-9-11-21(12-10-20)27-25(30)19-5-4-6-23(16-19)32-17(2)28/h4-14,16H,3,15H2,1-2H3,(H,26,29)(H,27,30). The Bertz CT molecular complexity index is 1090. The van der Waals surface area contributed by atoms with Crippen molar-refractivity contribution in [2.24, 2.45) is 0 Å². The van der Waals surface area contributed by atoms with Crippen LogP contribution in [0.2, 0.25) is 0 Å². The lowest BCUT2D eigenvalue weighted by atomic mass is 10.1. The number of hydrogen-bond donors (Lipinski definition) is 2. The first-order chi connectivity index (χ1) is 15.4. The molecule has 7 nitrogen and oxygen atoms in total. The van der Waals surface area contributed by atoms with Crippen molar-refractivity contribution in [3.05, 3.63) is 83.9 Å². The maximum atomic E-state index is 12.5. The summed E-state index contributed by atoms with van der Waals surface area (Å²) >= 11 is 0. The molecule has 0 aliphatic heterocycles. The van der Waals surface area contributed by atoms with E-state index >= 15 is 0 Å². The van der Waals surface area contributed by atoms with E-state index in [1.54, 1.807) is 42.5 Å². The van der Waals surface area contributed by atoms with Gasteiger partial charge in [0.15, 0.2) is 0 Å². The van der Waals surface area contributed by atoms with Gasteiger partial charge < -0.3 is 20.1 Å². The number of benzene rings is 3. The van der Waals surface area contributed by atoms with Gasteiger partial charge in [-0.15, -0.1) is 0 Å². The molecule has 164 valence electrons. The Balaban J connectivity index is 1.54. The van der Waals surface area contributed by atoms with Crippen LogP contribution in [0.25, 0.3) is 0 Å². The largest absolute Gasteiger partial charge is 0.494 e. The minimum atomic E-state index is -0.456. The van der Waals surface area contributed by atoms with Gasteiger partial charge in [0.1, 0.15) is 11.5 Å². The van der Waals surface area contributed by atoms with E-state index in [9.17, 15) is 14.4 Å². The summed E-state index contributed by atoms with van der Waals surface area (Å²) in [4.78, 5) is 35.8. The van der Waals surface area contributed by atoms with Gasteiger partial charge in [0.25, 0.3) is 5.91 Å². The molecule has 3 aromatic carbocycles. The summed E-state index contributed by atoms with van der Waals surface area (Å²) in [6.45, 7) is 3.81. The van der Waals surface area contributed by atoms with E-state index in [-0.39, 0.29) is 18.2 Å². The highest BCUT2D eigenvalue weighted by atomic mass is 16.5. The molecule has 32 heavy (non-hydrogen) atoms. The van der Waals surface area contributed by atoms with Crippen LogP contribution in [0.4, 0.5) is 11.4 Å². The Morgan fingerprint density at radius 1 is 0.812 bits per heavy atom. The summed E-state index contributed by atoms with van der Waals surface area (Å²) in [5, 5.41) is 5.61. The second kappa shape index (κ2) is 10.8. The average molecular weight is 432 g/mol. The van der Waals surface area contributed by atoms with Crippen molar-refractivity contribution < 1.29 is 23.9 Å². The van der Waals surface area contributed by atoms with E-state index < -0.39 is 5.97 Å². The van der Waals surface area contributed by atoms with Gasteiger partial charge in [0.05, 0.1) is 13.0 Å². The van der Waals surface area contributed by atoms with Crippen molar-refractivity contribution in [1.29, 1.82) is 0 Å². The van der Waals surface area contributed by atoms with Crippen molar-refractivity contribution >= 4 is 29.2 Å². The summed E-state index contributed by atoms with van der Waals surface area (Å²) in [6, 6.07) is 20.6. The van der Waals surface area contributed by atoms with Crippen LogP contribution in [0.15, 0.2) is 72.8 Å². The fraction of sp³-hybridized carbons (Fsp3) is 0.160. The first-order valence-electron chi connectivity index (χ1n) is 10.1. The van der Waals surface area contributed by atoms with Crippen molar-refractivity contribution in [2.75, 3.05) is 17.2 Å². The van der Waals surface area contributed by atoms with E-state index in [0.29, 0.717) is 29.3 Å². The lowest BCUT2D eigenvalue weighted by Gasteiger charge is -2.09. The number of hydrogen-bond acceptors (Lipinski definition) is 5. The normalized spacial score (nSPS) is 10.2. The Labute approximate surface area is 186 Å². The van der Waals surface area contributed by atoms with Gasteiger partial charge in [-0.3, -0.25) is 14.4 Å². The van der Waals surface area contributed by atoms with Crippen molar-refractivity contribution in [3.63, 3.8) is 0 Å². The van der Waals surface area contributed by atoms with Gasteiger partial charge in [-0.2, -0.15) is 0 Å². The molecule has 2 N–H and O–H groups in total. The number of amides is 2. The molecule has 7 heteroatoms. The molecular weight excluding hydrogens is 408 g/mol. The van der Waals surface area contributed by atoms with E-state index in [1.165, 1.54) is 13.0 Å². The summed E-state index contributed by atoms with van der Waals surface area (Å²) in [5.41, 5.74) is 2.43. The van der Waals surface area contributed by atoms with Crippen LogP contribution in [0.3, 0.4) is 0 Å². The average Bonchev–Trinajstić information content (AvgIpc) is 2.76. The fourth-order valence-electron chi connectivity index (χ4n) is 2.97. The highest BCUT2D eigenvalue weighted by molar-refractivity contribution is 6.04. The summed E-state index contributed by atoms with van der Waals surface area (Å²) in [6.07, 6.45) is 0.240. The predicted octanol–water partition coefficient (Wildman–Crippen LogP) is 4.44. The zero-order valence-electron chi connectivity index (χ0n) is 17.9. The molecule has 0 saturated heterocycles. The number of esters is 1. The van der Waals surface area contributed by atoms with Crippen molar-refractivity contribution in [3.8, 4) is 11.5 Å². The zero-order valence-corrected chi connectivity index (χ0v) is 17.9. The highest BCUT2D eigenvalue weighted by Crippen LogP contribution is 2.18. The second-order valence-corrected chi connectivity index (χ2v) is 6.95. The summed E-state index contributed by atoms with van der Waals surface area (Å²) < 4.78 is 10.4. The van der Waals surface area contributed by atoms with Crippen LogP contribution in [-0.2, 0) is 16.0 Å².